The van der Waals surface area contributed by atoms with Crippen LogP contribution in [0.1, 0.15) is 0 Å². The molecule has 0 unspecified atom stereocenters. The highest BCUT2D eigenvalue weighted by molar-refractivity contribution is 8.29. The average molecular weight is 232 g/mol. The van der Waals surface area contributed by atoms with Crippen molar-refractivity contribution in [3.8, 4) is 0 Å². The molecule has 0 aromatic carbocycles. The molecule has 0 bridgehead atoms. The third-order valence-electron chi connectivity index (χ3n) is 0.417. The summed E-state index contributed by atoms with van der Waals surface area (Å²) in [4.78, 5) is 0. The molecule has 62 valence electrons. The lowest BCUT2D eigenvalue weighted by molar-refractivity contribution is 0.373. The lowest BCUT2D eigenvalue weighted by atomic mass is 11.6. The zero-order valence-corrected chi connectivity index (χ0v) is 7.32. The van der Waals surface area contributed by atoms with Crippen LogP contribution in [0.4, 0.5) is 15.5 Å². The van der Waals surface area contributed by atoms with Gasteiger partial charge in [0.1, 0.15) is 36.4 Å². The molecule has 0 saturated carbocycles. The zero-order valence-electron chi connectivity index (χ0n) is 4.05. The molecule has 0 aliphatic carbocycles. The van der Waals surface area contributed by atoms with Crippen LogP contribution in [0, 0.1) is 0 Å². The van der Waals surface area contributed by atoms with Gasteiger partial charge in [-0.15, -0.1) is 3.89 Å². The fourth-order valence-electron chi connectivity index (χ4n) is 0.113. The first kappa shape index (κ1) is 11.1. The first-order valence-corrected chi connectivity index (χ1v) is 4.39. The molecule has 0 radical (unpaired) electrons. The van der Waals surface area contributed by atoms with Gasteiger partial charge in [0.25, 0.3) is 0 Å². The Bertz CT molecular complexity index is 79.1. The topological polar surface area (TPSA) is 9.23 Å². The first-order valence-electron chi connectivity index (χ1n) is 1.60. The van der Waals surface area contributed by atoms with Crippen LogP contribution in [0.3, 0.4) is 0 Å². The van der Waals surface area contributed by atoms with E-state index in [0.717, 1.165) is 0 Å². The van der Waals surface area contributed by atoms with Gasteiger partial charge in [-0.2, -0.15) is 11.7 Å². The number of hydrogen-bond acceptors (Lipinski definition) is 5. The van der Waals surface area contributed by atoms with E-state index in [9.17, 15) is 15.5 Å². The summed E-state index contributed by atoms with van der Waals surface area (Å²) < 4.78 is 47.2. The van der Waals surface area contributed by atoms with E-state index in [4.69, 9.17) is 0 Å². The molecule has 1 nitrogen and oxygen atoms in total. The number of halogens is 4. The molecule has 0 rings (SSSR count). The summed E-state index contributed by atoms with van der Waals surface area (Å²) in [5, 5.41) is 0. The van der Waals surface area contributed by atoms with E-state index in [2.05, 4.69) is 4.18 Å². The van der Waals surface area contributed by atoms with Crippen molar-refractivity contribution in [2.75, 3.05) is 0 Å². The van der Waals surface area contributed by atoms with Gasteiger partial charge in [0.05, 0.1) is 0 Å². The van der Waals surface area contributed by atoms with Gasteiger partial charge in [0.15, 0.2) is 0 Å². The molecule has 10 heavy (non-hydrogen) atoms. The maximum Gasteiger partial charge on any atom is 0.311 e. The van der Waals surface area contributed by atoms with Gasteiger partial charge in [-0.05, 0) is 0 Å². The van der Waals surface area contributed by atoms with Gasteiger partial charge in [-0.25, -0.2) is 4.18 Å². The Morgan fingerprint density at radius 3 is 1.40 bits per heavy atom. The van der Waals surface area contributed by atoms with E-state index in [1.807, 2.05) is 0 Å². The standard InChI is InChI=1S/CF4OS4/c2-7-1(8-3,9-4)6-10-5. The minimum Gasteiger partial charge on any atom is -0.240 e. The summed E-state index contributed by atoms with van der Waals surface area (Å²) in [5.74, 6) is 0. The molecule has 0 amide bonds. The van der Waals surface area contributed by atoms with Crippen LogP contribution in [-0.4, -0.2) is 3.60 Å². The quantitative estimate of drug-likeness (QED) is 0.401. The van der Waals surface area contributed by atoms with E-state index in [1.165, 1.54) is 0 Å². The van der Waals surface area contributed by atoms with E-state index < -0.39 is 52.5 Å². The molecule has 0 aliphatic rings. The second-order valence-electron chi connectivity index (χ2n) is 0.878. The summed E-state index contributed by atoms with van der Waals surface area (Å²) >= 11 is -3.10. The summed E-state index contributed by atoms with van der Waals surface area (Å²) in [6, 6.07) is 0. The Hall–Kier alpha value is 1.08. The van der Waals surface area contributed by atoms with Crippen LogP contribution < -0.4 is 0 Å². The molecule has 9 heteroatoms. The maximum atomic E-state index is 11.6. The van der Waals surface area contributed by atoms with Crippen LogP contribution in [-0.2, 0) is 4.18 Å². The molecule has 0 N–H and O–H groups in total. The molecular formula is CF4OS4. The van der Waals surface area contributed by atoms with Crippen molar-refractivity contribution in [3.05, 3.63) is 0 Å². The van der Waals surface area contributed by atoms with E-state index in [1.54, 1.807) is 0 Å². The van der Waals surface area contributed by atoms with Crippen molar-refractivity contribution in [3.63, 3.8) is 0 Å². The van der Waals surface area contributed by atoms with E-state index in [0.29, 0.717) is 0 Å². The predicted octanol–water partition coefficient (Wildman–Crippen LogP) is 4.00. The first-order chi connectivity index (χ1) is 4.74. The van der Waals surface area contributed by atoms with Crippen molar-refractivity contribution >= 4 is 48.9 Å². The highest BCUT2D eigenvalue weighted by atomic mass is 32.3. The van der Waals surface area contributed by atoms with Crippen LogP contribution in [0.25, 0.3) is 0 Å². The highest BCUT2D eigenvalue weighted by Gasteiger charge is 2.39. The Labute approximate surface area is 72.4 Å². The molecule has 0 aliphatic heterocycles. The van der Waals surface area contributed by atoms with Gasteiger partial charge in [-0.1, -0.05) is 0 Å². The molecule has 0 aromatic rings. The highest BCUT2D eigenvalue weighted by Crippen LogP contribution is 2.51. The normalized spacial score (nSPS) is 12.0. The Kier molecular flexibility index (Phi) is 6.31. The Morgan fingerprint density at radius 1 is 0.900 bits per heavy atom. The van der Waals surface area contributed by atoms with Crippen molar-refractivity contribution in [1.29, 1.82) is 0 Å². The average Bonchev–Trinajstić information content (AvgIpc) is 2.01. The summed E-state index contributed by atoms with van der Waals surface area (Å²) in [7, 11) is 0. The second kappa shape index (κ2) is 5.70. The van der Waals surface area contributed by atoms with Crippen molar-refractivity contribution < 1.29 is 19.7 Å². The second-order valence-corrected chi connectivity index (χ2v) is 4.13. The Morgan fingerprint density at radius 2 is 1.30 bits per heavy atom. The van der Waals surface area contributed by atoms with Crippen LogP contribution in [0.15, 0.2) is 0 Å². The smallest absolute Gasteiger partial charge is 0.240 e. The fourth-order valence-corrected chi connectivity index (χ4v) is 1.02. The van der Waals surface area contributed by atoms with Crippen LogP contribution >= 0.6 is 48.9 Å². The van der Waals surface area contributed by atoms with E-state index in [-0.39, 0.29) is 0 Å². The summed E-state index contributed by atoms with van der Waals surface area (Å²) in [5.41, 5.74) is 0. The van der Waals surface area contributed by atoms with E-state index >= 15 is 0 Å². The molecule has 0 heterocycles. The number of hydrogen-bond donors (Lipinski definition) is 0. The van der Waals surface area contributed by atoms with Crippen LogP contribution in [0.5, 0.6) is 0 Å². The third kappa shape index (κ3) is 2.99. The lowest BCUT2D eigenvalue weighted by Crippen LogP contribution is -2.10. The SMILES string of the molecule is FSOC(SF)(SF)SF. The molecular weight excluding hydrogens is 232 g/mol. The largest absolute Gasteiger partial charge is 0.311 e. The molecule has 0 atom stereocenters. The van der Waals surface area contributed by atoms with Gasteiger partial charge >= 0.3 is 3.60 Å². The summed E-state index contributed by atoms with van der Waals surface area (Å²) in [6.07, 6.45) is 0. The van der Waals surface area contributed by atoms with Gasteiger partial charge < -0.3 is 0 Å². The number of rotatable bonds is 5. The van der Waals surface area contributed by atoms with Crippen molar-refractivity contribution in [2.45, 2.75) is 3.60 Å². The molecule has 0 saturated heterocycles. The van der Waals surface area contributed by atoms with Gasteiger partial charge in [0, 0.05) is 0 Å². The predicted molar refractivity (Wildman–Crippen MR) is 38.6 cm³/mol. The third-order valence-corrected chi connectivity index (χ3v) is 3.00. The molecule has 0 aromatic heterocycles. The van der Waals surface area contributed by atoms with Gasteiger partial charge in [0.2, 0.25) is 12.4 Å². The molecule has 0 fully saturated rings. The summed E-state index contributed by atoms with van der Waals surface area (Å²) in [6.45, 7) is 0. The van der Waals surface area contributed by atoms with Crippen LogP contribution in [0.2, 0.25) is 0 Å². The Balaban J connectivity index is 3.87. The van der Waals surface area contributed by atoms with Crippen molar-refractivity contribution in [1.82, 2.24) is 0 Å². The fraction of sp³-hybridized carbons (Fsp3) is 1.00. The minimum absolute atomic E-state index is 0.765. The van der Waals surface area contributed by atoms with Crippen molar-refractivity contribution in [2.24, 2.45) is 0 Å². The van der Waals surface area contributed by atoms with Gasteiger partial charge in [-0.3, -0.25) is 0 Å². The molecule has 0 spiro atoms. The maximum absolute atomic E-state index is 11.6. The lowest BCUT2D eigenvalue weighted by Gasteiger charge is -2.14. The zero-order chi connectivity index (χ0) is 8.04. The minimum atomic E-state index is -2.49. The monoisotopic (exact) mass is 232 g/mol.